The van der Waals surface area contributed by atoms with Crippen LogP contribution in [0.3, 0.4) is 0 Å². The summed E-state index contributed by atoms with van der Waals surface area (Å²) in [7, 11) is 0. The highest BCUT2D eigenvalue weighted by molar-refractivity contribution is 5.83. The van der Waals surface area contributed by atoms with Crippen LogP contribution in [0.15, 0.2) is 67.0 Å². The van der Waals surface area contributed by atoms with Crippen LogP contribution in [0.2, 0.25) is 0 Å². The molecule has 4 rings (SSSR count). The van der Waals surface area contributed by atoms with Gasteiger partial charge in [0.05, 0.1) is 17.6 Å². The Labute approximate surface area is 148 Å². The van der Waals surface area contributed by atoms with E-state index in [0.717, 1.165) is 35.6 Å². The molecule has 2 aromatic heterocycles. The first-order valence-corrected chi connectivity index (χ1v) is 8.86. The summed E-state index contributed by atoms with van der Waals surface area (Å²) in [5.74, 6) is 0. The predicted octanol–water partition coefficient (Wildman–Crippen LogP) is 3.78. The van der Waals surface area contributed by atoms with Crippen LogP contribution in [0.1, 0.15) is 24.6 Å². The van der Waals surface area contributed by atoms with E-state index in [1.54, 1.807) is 0 Å². The topological polar surface area (TPSA) is 49.8 Å². The normalized spacial score (nSPS) is 15.7. The van der Waals surface area contributed by atoms with Gasteiger partial charge in [-0.1, -0.05) is 30.3 Å². The number of nitrogens with zero attached hydrogens (tertiary/aromatic N) is 2. The van der Waals surface area contributed by atoms with Crippen LogP contribution in [0.4, 0.5) is 0 Å². The molecule has 0 unspecified atom stereocenters. The second kappa shape index (κ2) is 7.55. The average molecular weight is 330 g/mol. The third-order valence-corrected chi connectivity index (χ3v) is 4.57. The van der Waals surface area contributed by atoms with Gasteiger partial charge in [-0.3, -0.25) is 20.6 Å². The van der Waals surface area contributed by atoms with Crippen molar-refractivity contribution in [3.05, 3.63) is 72.6 Å². The second-order valence-electron chi connectivity index (χ2n) is 6.25. The zero-order valence-electron chi connectivity index (χ0n) is 14.2. The molecule has 1 saturated heterocycles. The minimum atomic E-state index is 0.128. The first-order chi connectivity index (χ1) is 12.4. The lowest BCUT2D eigenvalue weighted by Crippen LogP contribution is -2.32. The molecule has 0 radical (unpaired) electrons. The molecule has 1 aliphatic heterocycles. The van der Waals surface area contributed by atoms with Crippen molar-refractivity contribution in [1.82, 2.24) is 20.6 Å². The lowest BCUT2D eigenvalue weighted by Gasteiger charge is -2.23. The van der Waals surface area contributed by atoms with Crippen LogP contribution in [0.25, 0.3) is 22.5 Å². The van der Waals surface area contributed by atoms with Crippen molar-refractivity contribution < 1.29 is 0 Å². The van der Waals surface area contributed by atoms with Crippen molar-refractivity contribution in [3.8, 4) is 22.5 Å². The van der Waals surface area contributed by atoms with Crippen LogP contribution in [-0.2, 0) is 0 Å². The van der Waals surface area contributed by atoms with Gasteiger partial charge in [0.1, 0.15) is 0 Å². The number of pyridine rings is 2. The Hall–Kier alpha value is -2.56. The molecule has 1 aliphatic rings. The van der Waals surface area contributed by atoms with E-state index in [2.05, 4.69) is 50.9 Å². The molecule has 0 amide bonds. The minimum Gasteiger partial charge on any atom is -0.298 e. The van der Waals surface area contributed by atoms with Gasteiger partial charge in [-0.05, 0) is 55.8 Å². The van der Waals surface area contributed by atoms with Crippen molar-refractivity contribution in [2.45, 2.75) is 19.0 Å². The van der Waals surface area contributed by atoms with Gasteiger partial charge in [0, 0.05) is 23.5 Å². The molecular formula is C21H22N4. The van der Waals surface area contributed by atoms with E-state index >= 15 is 0 Å². The van der Waals surface area contributed by atoms with Crippen LogP contribution in [0, 0.1) is 0 Å². The third kappa shape index (κ3) is 3.45. The molecule has 126 valence electrons. The molecule has 0 aliphatic carbocycles. The summed E-state index contributed by atoms with van der Waals surface area (Å²) in [5.41, 5.74) is 5.44. The molecule has 0 bridgehead atoms. The van der Waals surface area contributed by atoms with E-state index in [1.807, 2.05) is 36.7 Å². The monoisotopic (exact) mass is 330 g/mol. The summed E-state index contributed by atoms with van der Waals surface area (Å²) in [4.78, 5) is 9.20. The predicted molar refractivity (Wildman–Crippen MR) is 101 cm³/mol. The molecule has 3 heterocycles. The smallest absolute Gasteiger partial charge is 0.0842 e. The number of aromatic nitrogens is 2. The van der Waals surface area contributed by atoms with Crippen molar-refractivity contribution in [3.63, 3.8) is 0 Å². The van der Waals surface area contributed by atoms with Crippen LogP contribution in [0.5, 0.6) is 0 Å². The molecule has 2 N–H and O–H groups in total. The quantitative estimate of drug-likeness (QED) is 0.767. The van der Waals surface area contributed by atoms with Crippen LogP contribution >= 0.6 is 0 Å². The maximum Gasteiger partial charge on any atom is 0.0842 e. The number of rotatable bonds is 3. The van der Waals surface area contributed by atoms with Crippen molar-refractivity contribution in [2.24, 2.45) is 0 Å². The second-order valence-corrected chi connectivity index (χ2v) is 6.25. The van der Waals surface area contributed by atoms with Gasteiger partial charge in [0.2, 0.25) is 0 Å². The average Bonchev–Trinajstić information content (AvgIpc) is 2.98. The zero-order valence-corrected chi connectivity index (χ0v) is 14.2. The highest BCUT2D eigenvalue weighted by Crippen LogP contribution is 2.35. The maximum atomic E-state index is 4.63. The van der Waals surface area contributed by atoms with E-state index in [1.165, 1.54) is 18.4 Å². The van der Waals surface area contributed by atoms with E-state index < -0.39 is 0 Å². The molecule has 4 nitrogen and oxygen atoms in total. The minimum absolute atomic E-state index is 0.128. The molecule has 0 atom stereocenters. The third-order valence-electron chi connectivity index (χ3n) is 4.57. The van der Waals surface area contributed by atoms with Crippen LogP contribution < -0.4 is 10.6 Å². The molecule has 25 heavy (non-hydrogen) atoms. The fraction of sp³-hybridized carbons (Fsp3) is 0.238. The van der Waals surface area contributed by atoms with E-state index in [0.29, 0.717) is 0 Å². The van der Waals surface area contributed by atoms with Gasteiger partial charge in [-0.25, -0.2) is 0 Å². The molecule has 0 spiro atoms. The van der Waals surface area contributed by atoms with Crippen LogP contribution in [-0.4, -0.2) is 23.1 Å². The van der Waals surface area contributed by atoms with Gasteiger partial charge in [0.25, 0.3) is 0 Å². The summed E-state index contributed by atoms with van der Waals surface area (Å²) < 4.78 is 0. The molecule has 3 aromatic rings. The summed E-state index contributed by atoms with van der Waals surface area (Å²) >= 11 is 0. The summed E-state index contributed by atoms with van der Waals surface area (Å²) in [6.07, 6.45) is 6.21. The van der Waals surface area contributed by atoms with Crippen molar-refractivity contribution in [2.75, 3.05) is 13.1 Å². The Bertz CT molecular complexity index is 810. The first kappa shape index (κ1) is 15.9. The van der Waals surface area contributed by atoms with Gasteiger partial charge in [0.15, 0.2) is 0 Å². The van der Waals surface area contributed by atoms with Gasteiger partial charge >= 0.3 is 0 Å². The van der Waals surface area contributed by atoms with Crippen molar-refractivity contribution in [1.29, 1.82) is 0 Å². The summed E-state index contributed by atoms with van der Waals surface area (Å²) in [6, 6.07) is 18.5. The maximum absolute atomic E-state index is 4.63. The largest absolute Gasteiger partial charge is 0.298 e. The Balaban J connectivity index is 1.89. The standard InChI is InChI=1S/C21H22N4/c1-3-12-22-18(10-1)16-8-7-9-17(21-24-14-5-6-15-25-21)20(16)19-11-2-4-13-23-19/h1-4,7-13,21,24-25H,5-6,14-15H2. The molecule has 4 heteroatoms. The Kier molecular flexibility index (Phi) is 4.81. The first-order valence-electron chi connectivity index (χ1n) is 8.86. The van der Waals surface area contributed by atoms with Gasteiger partial charge in [-0.2, -0.15) is 0 Å². The van der Waals surface area contributed by atoms with E-state index in [9.17, 15) is 0 Å². The Morgan fingerprint density at radius 2 is 1.40 bits per heavy atom. The molecule has 1 aromatic carbocycles. The zero-order chi connectivity index (χ0) is 16.9. The molecular weight excluding hydrogens is 308 g/mol. The highest BCUT2D eigenvalue weighted by atomic mass is 15.1. The number of hydrogen-bond donors (Lipinski definition) is 2. The SMILES string of the molecule is c1ccc(-c2cccc(C3NCCCCN3)c2-c2ccccn2)nc1. The number of benzene rings is 1. The van der Waals surface area contributed by atoms with Crippen molar-refractivity contribution >= 4 is 0 Å². The Morgan fingerprint density at radius 1 is 0.720 bits per heavy atom. The lowest BCUT2D eigenvalue weighted by molar-refractivity contribution is 0.484. The fourth-order valence-electron chi connectivity index (χ4n) is 3.38. The number of nitrogens with one attached hydrogen (secondary N) is 2. The highest BCUT2D eigenvalue weighted by Gasteiger charge is 2.21. The molecule has 0 saturated carbocycles. The number of hydrogen-bond acceptors (Lipinski definition) is 4. The van der Waals surface area contributed by atoms with E-state index in [-0.39, 0.29) is 6.17 Å². The summed E-state index contributed by atoms with van der Waals surface area (Å²) in [6.45, 7) is 2.04. The lowest BCUT2D eigenvalue weighted by atomic mass is 9.93. The van der Waals surface area contributed by atoms with Gasteiger partial charge < -0.3 is 0 Å². The Morgan fingerprint density at radius 3 is 2.04 bits per heavy atom. The van der Waals surface area contributed by atoms with Gasteiger partial charge in [-0.15, -0.1) is 0 Å². The molecule has 1 fully saturated rings. The van der Waals surface area contributed by atoms with E-state index in [4.69, 9.17) is 0 Å². The summed E-state index contributed by atoms with van der Waals surface area (Å²) in [5, 5.41) is 7.25. The fourth-order valence-corrected chi connectivity index (χ4v) is 3.38.